The molecule has 3 aromatic rings. The Morgan fingerprint density at radius 2 is 2.19 bits per heavy atom. The summed E-state index contributed by atoms with van der Waals surface area (Å²) < 4.78 is 38.9. The number of nitrogens with zero attached hydrogens (tertiary/aromatic N) is 4. The van der Waals surface area contributed by atoms with Crippen LogP contribution < -0.4 is 4.74 Å². The van der Waals surface area contributed by atoms with Gasteiger partial charge < -0.3 is 9.15 Å². The fraction of sp³-hybridized carbons (Fsp3) is 0.188. The molecular weight excluding hydrogens is 466 g/mol. The van der Waals surface area contributed by atoms with Crippen LogP contribution >= 0.6 is 39.3 Å². The Hall–Kier alpha value is -1.91. The molecule has 0 bridgehead atoms. The third kappa shape index (κ3) is 4.88. The molecule has 0 fully saturated rings. The lowest BCUT2D eigenvalue weighted by atomic mass is 10.3. The average Bonchev–Trinajstić information content (AvgIpc) is 3.25. The van der Waals surface area contributed by atoms with Crippen LogP contribution in [0.1, 0.15) is 23.8 Å². The Morgan fingerprint density at radius 1 is 1.37 bits per heavy atom. The molecule has 0 aliphatic carbocycles. The van der Waals surface area contributed by atoms with Gasteiger partial charge in [0.2, 0.25) is 11.0 Å². The second kappa shape index (κ2) is 8.85. The second-order valence-corrected chi connectivity index (χ2v) is 7.17. The molecule has 2 heterocycles. The van der Waals surface area contributed by atoms with Crippen molar-refractivity contribution in [3.05, 3.63) is 57.2 Å². The summed E-state index contributed by atoms with van der Waals surface area (Å²) >= 11 is 10.6. The number of ether oxygens (including phenoxy) is 1. The minimum absolute atomic E-state index is 0.153. The second-order valence-electron chi connectivity index (χ2n) is 5.07. The van der Waals surface area contributed by atoms with E-state index in [1.165, 1.54) is 6.21 Å². The first-order valence-electron chi connectivity index (χ1n) is 7.46. The molecule has 3 rings (SSSR count). The normalized spacial score (nSPS) is 11.6. The molecule has 6 nitrogen and oxygen atoms in total. The van der Waals surface area contributed by atoms with Crippen LogP contribution in [0, 0.1) is 0 Å². The number of rotatable bonds is 7. The average molecular weight is 478 g/mol. The van der Waals surface area contributed by atoms with Crippen LogP contribution in [-0.4, -0.2) is 27.3 Å². The number of halogens is 4. The molecule has 0 radical (unpaired) electrons. The zero-order chi connectivity index (χ0) is 19.4. The summed E-state index contributed by atoms with van der Waals surface area (Å²) in [6.45, 7) is 0.153. The van der Waals surface area contributed by atoms with E-state index >= 15 is 0 Å². The maximum absolute atomic E-state index is 13.0. The summed E-state index contributed by atoms with van der Waals surface area (Å²) in [4.78, 5) is 0. The van der Waals surface area contributed by atoms with Gasteiger partial charge in [-0.05, 0) is 36.6 Å². The first-order chi connectivity index (χ1) is 13.0. The summed E-state index contributed by atoms with van der Waals surface area (Å²) in [5.41, 5.74) is 0. The van der Waals surface area contributed by atoms with Crippen molar-refractivity contribution >= 4 is 45.5 Å². The van der Waals surface area contributed by atoms with Crippen molar-refractivity contribution < 1.29 is 17.9 Å². The molecular formula is C16H12BrClF2N4O2S. The Labute approximate surface area is 170 Å². The van der Waals surface area contributed by atoms with Crippen LogP contribution in [0.5, 0.6) is 5.75 Å². The van der Waals surface area contributed by atoms with Gasteiger partial charge in [0.25, 0.3) is 6.43 Å². The molecule has 0 aliphatic rings. The minimum atomic E-state index is -2.79. The molecule has 0 aliphatic heterocycles. The smallest absolute Gasteiger partial charge is 0.299 e. The van der Waals surface area contributed by atoms with Crippen LogP contribution in [0.2, 0.25) is 5.02 Å². The number of alkyl halides is 2. The van der Waals surface area contributed by atoms with Gasteiger partial charge >= 0.3 is 0 Å². The molecule has 0 saturated carbocycles. The zero-order valence-corrected chi connectivity index (χ0v) is 16.9. The Morgan fingerprint density at radius 3 is 2.89 bits per heavy atom. The van der Waals surface area contributed by atoms with Crippen molar-refractivity contribution in [2.75, 3.05) is 6.26 Å². The number of furan rings is 1. The summed E-state index contributed by atoms with van der Waals surface area (Å²) in [6, 6.07) is 8.62. The first kappa shape index (κ1) is 19.8. The molecule has 0 unspecified atom stereocenters. The Balaban J connectivity index is 1.69. The molecule has 0 atom stereocenters. The van der Waals surface area contributed by atoms with E-state index in [9.17, 15) is 8.78 Å². The van der Waals surface area contributed by atoms with Gasteiger partial charge in [0, 0.05) is 4.47 Å². The third-order valence-electron chi connectivity index (χ3n) is 3.26. The zero-order valence-electron chi connectivity index (χ0n) is 13.8. The van der Waals surface area contributed by atoms with Crippen LogP contribution in [0.25, 0.3) is 0 Å². The molecule has 11 heteroatoms. The standard InChI is InChI=1S/C16H12BrClF2N4O2S/c1-27-16-23-22-15(14(19)20)24(16)21-7-10-3-4-11(26-10)8-25-13-5-2-9(17)6-12(13)18/h2-7,14H,8H2,1H3/b21-7-. The van der Waals surface area contributed by atoms with Crippen molar-refractivity contribution in [2.24, 2.45) is 5.10 Å². The minimum Gasteiger partial charge on any atom is -0.484 e. The monoisotopic (exact) mass is 476 g/mol. The molecule has 142 valence electrons. The predicted molar refractivity (Wildman–Crippen MR) is 102 cm³/mol. The van der Waals surface area contributed by atoms with Gasteiger partial charge in [0.15, 0.2) is 0 Å². The van der Waals surface area contributed by atoms with Crippen LogP contribution in [0.3, 0.4) is 0 Å². The summed E-state index contributed by atoms with van der Waals surface area (Å²) in [5, 5.41) is 11.8. The summed E-state index contributed by atoms with van der Waals surface area (Å²) in [7, 11) is 0. The lowest BCUT2D eigenvalue weighted by Crippen LogP contribution is -2.00. The summed E-state index contributed by atoms with van der Waals surface area (Å²) in [6.07, 6.45) is 0.220. The van der Waals surface area contributed by atoms with E-state index in [1.807, 2.05) is 6.07 Å². The Kier molecular flexibility index (Phi) is 6.51. The van der Waals surface area contributed by atoms with Crippen LogP contribution in [0.4, 0.5) is 8.78 Å². The van der Waals surface area contributed by atoms with E-state index in [-0.39, 0.29) is 11.8 Å². The largest absolute Gasteiger partial charge is 0.484 e. The van der Waals surface area contributed by atoms with E-state index in [0.29, 0.717) is 22.3 Å². The number of aromatic nitrogens is 3. The van der Waals surface area contributed by atoms with Gasteiger partial charge in [-0.25, -0.2) is 8.78 Å². The highest BCUT2D eigenvalue weighted by atomic mass is 79.9. The van der Waals surface area contributed by atoms with Gasteiger partial charge in [0.05, 0.1) is 11.2 Å². The molecule has 1 aromatic carbocycles. The van der Waals surface area contributed by atoms with Gasteiger partial charge in [-0.3, -0.25) is 0 Å². The number of hydrogen-bond acceptors (Lipinski definition) is 6. The van der Waals surface area contributed by atoms with E-state index in [2.05, 4.69) is 31.2 Å². The summed E-state index contributed by atoms with van der Waals surface area (Å²) in [5.74, 6) is 0.882. The fourth-order valence-corrected chi connectivity index (χ4v) is 3.21. The predicted octanol–water partition coefficient (Wildman–Crippen LogP) is 5.41. The van der Waals surface area contributed by atoms with E-state index in [4.69, 9.17) is 20.8 Å². The lowest BCUT2D eigenvalue weighted by molar-refractivity contribution is 0.135. The molecule has 0 N–H and O–H groups in total. The SMILES string of the molecule is CSc1nnc(C(F)F)n1/N=C\c1ccc(COc2ccc(Br)cc2Cl)o1. The third-order valence-corrected chi connectivity index (χ3v) is 4.67. The first-order valence-corrected chi connectivity index (χ1v) is 9.86. The highest BCUT2D eigenvalue weighted by molar-refractivity contribution is 9.10. The maximum Gasteiger partial charge on any atom is 0.299 e. The van der Waals surface area contributed by atoms with Crippen LogP contribution in [-0.2, 0) is 6.61 Å². The highest BCUT2D eigenvalue weighted by Gasteiger charge is 2.19. The van der Waals surface area contributed by atoms with Gasteiger partial charge in [0.1, 0.15) is 23.9 Å². The van der Waals surface area contributed by atoms with E-state index in [1.54, 1.807) is 30.5 Å². The fourth-order valence-electron chi connectivity index (χ4n) is 2.05. The lowest BCUT2D eigenvalue weighted by Gasteiger charge is -2.06. The van der Waals surface area contributed by atoms with Gasteiger partial charge in [-0.2, -0.15) is 9.78 Å². The topological polar surface area (TPSA) is 65.4 Å². The molecule has 0 amide bonds. The number of hydrogen-bond donors (Lipinski definition) is 0. The van der Waals surface area contributed by atoms with E-state index in [0.717, 1.165) is 20.9 Å². The number of thioether (sulfide) groups is 1. The van der Waals surface area contributed by atoms with Gasteiger partial charge in [-0.15, -0.1) is 10.2 Å². The number of benzene rings is 1. The van der Waals surface area contributed by atoms with E-state index < -0.39 is 12.2 Å². The highest BCUT2D eigenvalue weighted by Crippen LogP contribution is 2.28. The molecule has 0 saturated heterocycles. The van der Waals surface area contributed by atoms with Crippen molar-refractivity contribution in [1.82, 2.24) is 14.9 Å². The molecule has 2 aromatic heterocycles. The van der Waals surface area contributed by atoms with Crippen molar-refractivity contribution in [1.29, 1.82) is 0 Å². The van der Waals surface area contributed by atoms with Crippen molar-refractivity contribution in [2.45, 2.75) is 18.2 Å². The Bertz CT molecular complexity index is 964. The van der Waals surface area contributed by atoms with Crippen LogP contribution in [0.15, 0.2) is 49.5 Å². The molecule has 27 heavy (non-hydrogen) atoms. The maximum atomic E-state index is 13.0. The quantitative estimate of drug-likeness (QED) is 0.336. The van der Waals surface area contributed by atoms with Gasteiger partial charge in [-0.1, -0.05) is 39.3 Å². The van der Waals surface area contributed by atoms with Crippen molar-refractivity contribution in [3.8, 4) is 5.75 Å². The molecule has 0 spiro atoms. The van der Waals surface area contributed by atoms with Crippen molar-refractivity contribution in [3.63, 3.8) is 0 Å².